The number of imidazole rings is 1. The van der Waals surface area contributed by atoms with Crippen LogP contribution in [0.2, 0.25) is 0 Å². The van der Waals surface area contributed by atoms with Crippen LogP contribution in [0.25, 0.3) is 11.2 Å². The van der Waals surface area contributed by atoms with Crippen molar-refractivity contribution in [2.45, 2.75) is 26.8 Å². The zero-order chi connectivity index (χ0) is 16.4. The molecule has 3 aromatic rings. The van der Waals surface area contributed by atoms with E-state index in [0.29, 0.717) is 11.4 Å². The molecule has 23 heavy (non-hydrogen) atoms. The Kier molecular flexibility index (Phi) is 3.92. The van der Waals surface area contributed by atoms with Crippen molar-refractivity contribution in [3.05, 3.63) is 41.9 Å². The first-order chi connectivity index (χ1) is 11.1. The monoisotopic (exact) mass is 312 g/mol. The topological polar surface area (TPSA) is 90.1 Å². The summed E-state index contributed by atoms with van der Waals surface area (Å²) in [6, 6.07) is 6.37. The molecule has 0 aliphatic heterocycles. The van der Waals surface area contributed by atoms with Crippen molar-refractivity contribution in [1.29, 1.82) is 0 Å². The van der Waals surface area contributed by atoms with Gasteiger partial charge >= 0.3 is 12.0 Å². The van der Waals surface area contributed by atoms with E-state index in [1.165, 1.54) is 12.1 Å². The minimum Gasteiger partial charge on any atom is -0.478 e. The average Bonchev–Trinajstić information content (AvgIpc) is 2.92. The number of carbonyl (C=O) groups is 1. The highest BCUT2D eigenvalue weighted by Crippen LogP contribution is 2.22. The quantitative estimate of drug-likeness (QED) is 0.779. The Bertz CT molecular complexity index is 873. The van der Waals surface area contributed by atoms with Gasteiger partial charge in [-0.2, -0.15) is 4.98 Å². The van der Waals surface area contributed by atoms with Gasteiger partial charge in [-0.05, 0) is 25.1 Å². The van der Waals surface area contributed by atoms with Gasteiger partial charge in [0.2, 0.25) is 0 Å². The van der Waals surface area contributed by atoms with Crippen LogP contribution < -0.4 is 4.74 Å². The van der Waals surface area contributed by atoms with Crippen molar-refractivity contribution in [2.24, 2.45) is 0 Å². The minimum atomic E-state index is -1.01. The van der Waals surface area contributed by atoms with Crippen molar-refractivity contribution in [2.75, 3.05) is 0 Å². The maximum Gasteiger partial charge on any atom is 0.335 e. The lowest BCUT2D eigenvalue weighted by atomic mass is 10.2. The van der Waals surface area contributed by atoms with Gasteiger partial charge in [-0.1, -0.05) is 13.0 Å². The van der Waals surface area contributed by atoms with Gasteiger partial charge in [0.1, 0.15) is 17.1 Å². The van der Waals surface area contributed by atoms with Crippen LogP contribution in [0.1, 0.15) is 30.0 Å². The van der Waals surface area contributed by atoms with Crippen molar-refractivity contribution >= 4 is 17.1 Å². The Morgan fingerprint density at radius 2 is 2.13 bits per heavy atom. The summed E-state index contributed by atoms with van der Waals surface area (Å²) in [4.78, 5) is 24.0. The standard InChI is InChI=1S/C16H16N4O3/c1-3-13-18-12-9-17-16(19-14(12)20(13)4-2)23-11-7-5-6-10(8-11)15(21)22/h5-9H,3-4H2,1-2H3,(H,21,22). The van der Waals surface area contributed by atoms with E-state index >= 15 is 0 Å². The SMILES string of the molecule is CCc1nc2cnc(Oc3cccc(C(=O)O)c3)nc2n1CC. The Morgan fingerprint density at radius 1 is 1.30 bits per heavy atom. The molecule has 2 aromatic heterocycles. The summed E-state index contributed by atoms with van der Waals surface area (Å²) in [5.74, 6) is 0.313. The number of aromatic carboxylic acids is 1. The number of carboxylic acid groups (broad SMARTS) is 1. The van der Waals surface area contributed by atoms with Crippen LogP contribution in [-0.2, 0) is 13.0 Å². The summed E-state index contributed by atoms with van der Waals surface area (Å²) in [7, 11) is 0. The van der Waals surface area contributed by atoms with Gasteiger partial charge in [0.25, 0.3) is 0 Å². The summed E-state index contributed by atoms with van der Waals surface area (Å²) >= 11 is 0. The molecule has 0 amide bonds. The Morgan fingerprint density at radius 3 is 2.83 bits per heavy atom. The van der Waals surface area contributed by atoms with E-state index in [-0.39, 0.29) is 11.6 Å². The number of aromatic nitrogens is 4. The molecular formula is C16H16N4O3. The van der Waals surface area contributed by atoms with E-state index in [4.69, 9.17) is 9.84 Å². The van der Waals surface area contributed by atoms with Crippen molar-refractivity contribution in [1.82, 2.24) is 19.5 Å². The molecule has 0 unspecified atom stereocenters. The van der Waals surface area contributed by atoms with Crippen LogP contribution in [-0.4, -0.2) is 30.6 Å². The summed E-state index contributed by atoms with van der Waals surface area (Å²) in [5, 5.41) is 9.02. The van der Waals surface area contributed by atoms with E-state index in [2.05, 4.69) is 15.0 Å². The molecule has 1 N–H and O–H groups in total. The van der Waals surface area contributed by atoms with Crippen molar-refractivity contribution < 1.29 is 14.6 Å². The molecule has 118 valence electrons. The summed E-state index contributed by atoms with van der Waals surface area (Å²) in [6.07, 6.45) is 2.42. The highest BCUT2D eigenvalue weighted by molar-refractivity contribution is 5.88. The zero-order valence-electron chi connectivity index (χ0n) is 12.9. The van der Waals surface area contributed by atoms with Crippen LogP contribution in [0.15, 0.2) is 30.5 Å². The molecule has 1 aromatic carbocycles. The highest BCUT2D eigenvalue weighted by Gasteiger charge is 2.12. The number of ether oxygens (including phenoxy) is 1. The summed E-state index contributed by atoms with van der Waals surface area (Å²) in [5.41, 5.74) is 1.58. The molecule has 0 radical (unpaired) electrons. The maximum atomic E-state index is 11.0. The molecule has 0 saturated carbocycles. The van der Waals surface area contributed by atoms with Crippen LogP contribution in [0, 0.1) is 0 Å². The lowest BCUT2D eigenvalue weighted by Gasteiger charge is -2.06. The minimum absolute atomic E-state index is 0.149. The molecule has 0 aliphatic carbocycles. The molecule has 3 rings (SSSR count). The van der Waals surface area contributed by atoms with Crippen LogP contribution in [0.3, 0.4) is 0 Å². The smallest absolute Gasteiger partial charge is 0.335 e. The first kappa shape index (κ1) is 15.0. The lowest BCUT2D eigenvalue weighted by Crippen LogP contribution is -2.02. The third-order valence-electron chi connectivity index (χ3n) is 3.47. The van der Waals surface area contributed by atoms with Crippen molar-refractivity contribution in [3.8, 4) is 11.8 Å². The van der Waals surface area contributed by atoms with Gasteiger partial charge in [-0.25, -0.2) is 14.8 Å². The van der Waals surface area contributed by atoms with Crippen LogP contribution >= 0.6 is 0 Å². The molecule has 0 spiro atoms. The third kappa shape index (κ3) is 2.85. The molecule has 0 bridgehead atoms. The molecule has 7 nitrogen and oxygen atoms in total. The summed E-state index contributed by atoms with van der Waals surface area (Å²) in [6.45, 7) is 4.82. The van der Waals surface area contributed by atoms with E-state index in [0.717, 1.165) is 24.3 Å². The molecule has 7 heteroatoms. The van der Waals surface area contributed by atoms with Gasteiger partial charge in [-0.15, -0.1) is 0 Å². The lowest BCUT2D eigenvalue weighted by molar-refractivity contribution is 0.0696. The third-order valence-corrected chi connectivity index (χ3v) is 3.47. The molecule has 0 saturated heterocycles. The molecule has 2 heterocycles. The Labute approximate surface area is 132 Å². The van der Waals surface area contributed by atoms with Gasteiger partial charge in [0.15, 0.2) is 5.65 Å². The fourth-order valence-electron chi connectivity index (χ4n) is 2.40. The predicted octanol–water partition coefficient (Wildman–Crippen LogP) is 2.90. The predicted molar refractivity (Wildman–Crippen MR) is 83.9 cm³/mol. The molecule has 0 fully saturated rings. The van der Waals surface area contributed by atoms with Crippen LogP contribution in [0.5, 0.6) is 11.8 Å². The number of rotatable bonds is 5. The van der Waals surface area contributed by atoms with Crippen molar-refractivity contribution in [3.63, 3.8) is 0 Å². The maximum absolute atomic E-state index is 11.0. The molecule has 0 aliphatic rings. The fourth-order valence-corrected chi connectivity index (χ4v) is 2.40. The second-order valence-electron chi connectivity index (χ2n) is 4.92. The average molecular weight is 312 g/mol. The first-order valence-corrected chi connectivity index (χ1v) is 7.35. The number of nitrogens with zero attached hydrogens (tertiary/aromatic N) is 4. The fraction of sp³-hybridized carbons (Fsp3) is 0.250. The largest absolute Gasteiger partial charge is 0.478 e. The molecule has 0 atom stereocenters. The zero-order valence-corrected chi connectivity index (χ0v) is 12.9. The molecular weight excluding hydrogens is 296 g/mol. The van der Waals surface area contributed by atoms with Crippen LogP contribution in [0.4, 0.5) is 0 Å². The second kappa shape index (κ2) is 6.04. The number of carboxylic acids is 1. The van der Waals surface area contributed by atoms with E-state index in [9.17, 15) is 4.79 Å². The Hall–Kier alpha value is -2.96. The van der Waals surface area contributed by atoms with Gasteiger partial charge in [0.05, 0.1) is 11.8 Å². The van der Waals surface area contributed by atoms with Gasteiger partial charge < -0.3 is 14.4 Å². The number of aryl methyl sites for hydroxylation is 2. The number of fused-ring (bicyclic) bond motifs is 1. The second-order valence-corrected chi connectivity index (χ2v) is 4.92. The highest BCUT2D eigenvalue weighted by atomic mass is 16.5. The normalized spacial score (nSPS) is 10.9. The number of hydrogen-bond acceptors (Lipinski definition) is 5. The van der Waals surface area contributed by atoms with Gasteiger partial charge in [-0.3, -0.25) is 0 Å². The van der Waals surface area contributed by atoms with E-state index < -0.39 is 5.97 Å². The van der Waals surface area contributed by atoms with Gasteiger partial charge in [0, 0.05) is 13.0 Å². The first-order valence-electron chi connectivity index (χ1n) is 7.35. The Balaban J connectivity index is 1.97. The summed E-state index contributed by atoms with van der Waals surface area (Å²) < 4.78 is 7.60. The number of hydrogen-bond donors (Lipinski definition) is 1. The number of benzene rings is 1. The van der Waals surface area contributed by atoms with E-state index in [1.54, 1.807) is 18.3 Å². The van der Waals surface area contributed by atoms with E-state index in [1.807, 2.05) is 18.4 Å².